The van der Waals surface area contributed by atoms with Crippen LogP contribution in [0.2, 0.25) is 0 Å². The minimum atomic E-state index is -0.147. The number of hydrogen-bond donors (Lipinski definition) is 2. The van der Waals surface area contributed by atoms with E-state index in [-0.39, 0.29) is 11.8 Å². The summed E-state index contributed by atoms with van der Waals surface area (Å²) in [6.07, 6.45) is 0. The summed E-state index contributed by atoms with van der Waals surface area (Å²) in [4.78, 5) is 26.4. The molecule has 1 aromatic rings. The lowest BCUT2D eigenvalue weighted by Crippen LogP contribution is -2.46. The van der Waals surface area contributed by atoms with Crippen molar-refractivity contribution >= 4 is 28.2 Å². The fourth-order valence-corrected chi connectivity index (χ4v) is 2.91. The smallest absolute Gasteiger partial charge is 0.256 e. The van der Waals surface area contributed by atoms with E-state index in [0.29, 0.717) is 23.7 Å². The van der Waals surface area contributed by atoms with Crippen LogP contribution in [0.4, 0.5) is 5.00 Å². The molecule has 0 atom stereocenters. The van der Waals surface area contributed by atoms with Crippen LogP contribution in [0, 0.1) is 6.92 Å². The van der Waals surface area contributed by atoms with Gasteiger partial charge in [0.1, 0.15) is 5.00 Å². The number of rotatable bonds is 2. The largest absolute Gasteiger partial charge is 0.336 e. The highest BCUT2D eigenvalue weighted by Crippen LogP contribution is 2.28. The van der Waals surface area contributed by atoms with Gasteiger partial charge in [-0.05, 0) is 13.0 Å². The minimum Gasteiger partial charge on any atom is -0.336 e. The molecule has 18 heavy (non-hydrogen) atoms. The van der Waals surface area contributed by atoms with Crippen molar-refractivity contribution in [2.24, 2.45) is 0 Å². The molecule has 1 saturated heterocycles. The highest BCUT2D eigenvalue weighted by molar-refractivity contribution is 7.16. The zero-order chi connectivity index (χ0) is 13.1. The molecular weight excluding hydrogens is 250 g/mol. The van der Waals surface area contributed by atoms with E-state index in [1.807, 2.05) is 17.9 Å². The molecule has 98 valence electrons. The first kappa shape index (κ1) is 13.0. The lowest BCUT2D eigenvalue weighted by atomic mass is 10.2. The van der Waals surface area contributed by atoms with Crippen molar-refractivity contribution in [3.63, 3.8) is 0 Å². The van der Waals surface area contributed by atoms with Gasteiger partial charge >= 0.3 is 0 Å². The van der Waals surface area contributed by atoms with Crippen LogP contribution in [0.3, 0.4) is 0 Å². The molecule has 0 spiro atoms. The summed E-state index contributed by atoms with van der Waals surface area (Å²) in [7, 11) is 0. The van der Waals surface area contributed by atoms with E-state index < -0.39 is 0 Å². The maximum atomic E-state index is 12.4. The van der Waals surface area contributed by atoms with Crippen LogP contribution in [0.5, 0.6) is 0 Å². The van der Waals surface area contributed by atoms with Gasteiger partial charge in [-0.2, -0.15) is 0 Å². The second-order valence-corrected chi connectivity index (χ2v) is 5.58. The summed E-state index contributed by atoms with van der Waals surface area (Å²) in [5, 5.41) is 6.60. The van der Waals surface area contributed by atoms with E-state index in [2.05, 4.69) is 10.6 Å². The van der Waals surface area contributed by atoms with E-state index in [4.69, 9.17) is 0 Å². The molecule has 2 heterocycles. The number of nitrogens with zero attached hydrogens (tertiary/aromatic N) is 1. The fourth-order valence-electron chi connectivity index (χ4n) is 1.96. The number of thiophene rings is 1. The average Bonchev–Trinajstić information content (AvgIpc) is 2.69. The number of carbonyl (C=O) groups excluding carboxylic acids is 2. The van der Waals surface area contributed by atoms with Gasteiger partial charge in [0.2, 0.25) is 5.91 Å². The van der Waals surface area contributed by atoms with Crippen LogP contribution in [-0.2, 0) is 4.79 Å². The van der Waals surface area contributed by atoms with Crippen LogP contribution in [0.25, 0.3) is 0 Å². The summed E-state index contributed by atoms with van der Waals surface area (Å²) in [6, 6.07) is 1.85. The van der Waals surface area contributed by atoms with Gasteiger partial charge in [0.15, 0.2) is 0 Å². The normalized spacial score (nSPS) is 15.6. The number of piperazine rings is 1. The monoisotopic (exact) mass is 267 g/mol. The number of aryl methyl sites for hydroxylation is 1. The zero-order valence-corrected chi connectivity index (χ0v) is 11.4. The molecule has 6 heteroatoms. The highest BCUT2D eigenvalue weighted by Gasteiger charge is 2.22. The van der Waals surface area contributed by atoms with Crippen molar-refractivity contribution in [2.45, 2.75) is 13.8 Å². The third kappa shape index (κ3) is 2.88. The van der Waals surface area contributed by atoms with Crippen LogP contribution in [0.15, 0.2) is 6.07 Å². The molecule has 0 saturated carbocycles. The third-order valence-corrected chi connectivity index (χ3v) is 3.75. The Morgan fingerprint density at radius 2 is 2.06 bits per heavy atom. The Kier molecular flexibility index (Phi) is 3.98. The Hall–Kier alpha value is -1.40. The first-order valence-electron chi connectivity index (χ1n) is 5.96. The van der Waals surface area contributed by atoms with Gasteiger partial charge in [0.05, 0.1) is 5.56 Å². The van der Waals surface area contributed by atoms with Gasteiger partial charge in [-0.15, -0.1) is 11.3 Å². The summed E-state index contributed by atoms with van der Waals surface area (Å²) >= 11 is 1.44. The van der Waals surface area contributed by atoms with Crippen LogP contribution >= 0.6 is 11.3 Å². The quantitative estimate of drug-likeness (QED) is 0.842. The predicted octanol–water partition coefficient (Wildman–Crippen LogP) is 1.06. The van der Waals surface area contributed by atoms with Crippen LogP contribution in [0.1, 0.15) is 22.2 Å². The number of carbonyl (C=O) groups is 2. The second-order valence-electron chi connectivity index (χ2n) is 4.32. The van der Waals surface area contributed by atoms with Crippen molar-refractivity contribution in [1.29, 1.82) is 0 Å². The molecule has 5 nitrogen and oxygen atoms in total. The molecule has 0 unspecified atom stereocenters. The second kappa shape index (κ2) is 5.49. The number of amides is 2. The zero-order valence-electron chi connectivity index (χ0n) is 10.6. The summed E-state index contributed by atoms with van der Waals surface area (Å²) in [5.41, 5.74) is 0.606. The Morgan fingerprint density at radius 1 is 1.39 bits per heavy atom. The fraction of sp³-hybridized carbons (Fsp3) is 0.500. The molecule has 0 aromatic carbocycles. The van der Waals surface area contributed by atoms with Crippen molar-refractivity contribution in [1.82, 2.24) is 10.2 Å². The number of nitrogens with one attached hydrogen (secondary N) is 2. The van der Waals surface area contributed by atoms with Gasteiger partial charge in [0, 0.05) is 38.0 Å². The Morgan fingerprint density at radius 3 is 2.67 bits per heavy atom. The van der Waals surface area contributed by atoms with Gasteiger partial charge in [-0.3, -0.25) is 9.59 Å². The van der Waals surface area contributed by atoms with Crippen molar-refractivity contribution in [3.8, 4) is 0 Å². The van der Waals surface area contributed by atoms with Crippen LogP contribution < -0.4 is 10.6 Å². The lowest BCUT2D eigenvalue weighted by molar-refractivity contribution is -0.114. The van der Waals surface area contributed by atoms with E-state index in [0.717, 1.165) is 18.0 Å². The molecule has 0 bridgehead atoms. The predicted molar refractivity (Wildman–Crippen MR) is 72.1 cm³/mol. The number of anilines is 1. The van der Waals surface area contributed by atoms with Crippen molar-refractivity contribution in [2.75, 3.05) is 31.5 Å². The first-order valence-corrected chi connectivity index (χ1v) is 6.77. The van der Waals surface area contributed by atoms with Gasteiger partial charge in [-0.1, -0.05) is 0 Å². The van der Waals surface area contributed by atoms with Gasteiger partial charge in [0.25, 0.3) is 5.91 Å². The molecule has 1 aromatic heterocycles. The van der Waals surface area contributed by atoms with E-state index in [9.17, 15) is 9.59 Å². The topological polar surface area (TPSA) is 61.4 Å². The van der Waals surface area contributed by atoms with Crippen LogP contribution in [-0.4, -0.2) is 42.9 Å². The van der Waals surface area contributed by atoms with E-state index in [1.165, 1.54) is 18.3 Å². The Balaban J connectivity index is 2.20. The third-order valence-electron chi connectivity index (χ3n) is 2.78. The standard InChI is InChI=1S/C12H17N3O2S/c1-8-7-10(11(18-8)14-9(2)16)12(17)15-5-3-13-4-6-15/h7,13H,3-6H2,1-2H3,(H,14,16). The average molecular weight is 267 g/mol. The highest BCUT2D eigenvalue weighted by atomic mass is 32.1. The Bertz CT molecular complexity index is 464. The SMILES string of the molecule is CC(=O)Nc1sc(C)cc1C(=O)N1CCNCC1. The lowest BCUT2D eigenvalue weighted by Gasteiger charge is -2.27. The molecule has 2 rings (SSSR count). The minimum absolute atomic E-state index is 0.00426. The first-order chi connectivity index (χ1) is 8.58. The molecule has 0 aliphatic carbocycles. The molecule has 1 aliphatic heterocycles. The van der Waals surface area contributed by atoms with E-state index in [1.54, 1.807) is 0 Å². The molecule has 2 amide bonds. The summed E-state index contributed by atoms with van der Waals surface area (Å²) < 4.78 is 0. The molecule has 2 N–H and O–H groups in total. The van der Waals surface area contributed by atoms with Gasteiger partial charge < -0.3 is 15.5 Å². The molecular formula is C12H17N3O2S. The van der Waals surface area contributed by atoms with Gasteiger partial charge in [-0.25, -0.2) is 0 Å². The molecule has 0 radical (unpaired) electrons. The van der Waals surface area contributed by atoms with E-state index >= 15 is 0 Å². The molecule has 1 aliphatic rings. The van der Waals surface area contributed by atoms with Crippen molar-refractivity contribution in [3.05, 3.63) is 16.5 Å². The Labute approximate surface area is 110 Å². The number of hydrogen-bond acceptors (Lipinski definition) is 4. The molecule has 1 fully saturated rings. The van der Waals surface area contributed by atoms with Crippen molar-refractivity contribution < 1.29 is 9.59 Å². The maximum Gasteiger partial charge on any atom is 0.256 e. The summed E-state index contributed by atoms with van der Waals surface area (Å²) in [6.45, 7) is 6.47. The maximum absolute atomic E-state index is 12.4. The summed E-state index contributed by atoms with van der Waals surface area (Å²) in [5.74, 6) is -0.143.